The molecule has 0 radical (unpaired) electrons. The highest BCUT2D eigenvalue weighted by Crippen LogP contribution is 2.22. The number of benzene rings is 3. The maximum absolute atomic E-state index is 12.3. The Kier molecular flexibility index (Phi) is 6.68. The Morgan fingerprint density at radius 2 is 1.37 bits per heavy atom. The third kappa shape index (κ3) is 5.80. The van der Waals surface area contributed by atoms with Crippen LogP contribution in [0.5, 0.6) is 5.75 Å². The van der Waals surface area contributed by atoms with Crippen LogP contribution in [-0.2, 0) is 16.8 Å². The van der Waals surface area contributed by atoms with Gasteiger partial charge >= 0.3 is 5.97 Å². The summed E-state index contributed by atoms with van der Waals surface area (Å²) in [5.74, 6) is -0.0952. The quantitative estimate of drug-likeness (QED) is 0.381. The molecule has 30 heavy (non-hydrogen) atoms. The summed E-state index contributed by atoms with van der Waals surface area (Å²) in [4.78, 5) is 24.6. The molecule has 0 aliphatic rings. The first-order valence-corrected chi connectivity index (χ1v) is 9.90. The van der Waals surface area contributed by atoms with Crippen molar-refractivity contribution in [3.63, 3.8) is 0 Å². The molecular formula is C26H26O4. The minimum absolute atomic E-state index is 0.00930. The van der Waals surface area contributed by atoms with E-state index in [1.807, 2.05) is 42.5 Å². The molecule has 0 amide bonds. The van der Waals surface area contributed by atoms with Crippen LogP contribution in [0.1, 0.15) is 52.6 Å². The molecule has 3 aromatic carbocycles. The Morgan fingerprint density at radius 3 is 1.97 bits per heavy atom. The van der Waals surface area contributed by atoms with Gasteiger partial charge in [0, 0.05) is 5.56 Å². The fourth-order valence-corrected chi connectivity index (χ4v) is 2.88. The lowest BCUT2D eigenvalue weighted by Crippen LogP contribution is -2.15. The molecule has 0 bridgehead atoms. The van der Waals surface area contributed by atoms with Gasteiger partial charge in [-0.25, -0.2) is 4.79 Å². The number of ketones is 1. The molecule has 0 aliphatic heterocycles. The highest BCUT2D eigenvalue weighted by molar-refractivity contribution is 5.99. The predicted molar refractivity (Wildman–Crippen MR) is 117 cm³/mol. The van der Waals surface area contributed by atoms with Crippen LogP contribution in [0.3, 0.4) is 0 Å². The van der Waals surface area contributed by atoms with Gasteiger partial charge in [0.1, 0.15) is 12.4 Å². The average molecular weight is 402 g/mol. The van der Waals surface area contributed by atoms with E-state index in [1.54, 1.807) is 36.4 Å². The molecule has 0 saturated heterocycles. The molecule has 0 aromatic heterocycles. The summed E-state index contributed by atoms with van der Waals surface area (Å²) in [6.07, 6.45) is 0. The van der Waals surface area contributed by atoms with Crippen molar-refractivity contribution in [3.8, 4) is 5.75 Å². The van der Waals surface area contributed by atoms with E-state index >= 15 is 0 Å². The summed E-state index contributed by atoms with van der Waals surface area (Å²) in [7, 11) is 0. The third-order valence-corrected chi connectivity index (χ3v) is 4.75. The number of carbonyl (C=O) groups excluding carboxylic acids is 2. The first kappa shape index (κ1) is 21.3. The maximum atomic E-state index is 12.3. The first-order valence-electron chi connectivity index (χ1n) is 9.90. The van der Waals surface area contributed by atoms with Gasteiger partial charge < -0.3 is 9.47 Å². The average Bonchev–Trinajstić information content (AvgIpc) is 2.76. The van der Waals surface area contributed by atoms with Crippen molar-refractivity contribution in [2.45, 2.75) is 32.8 Å². The monoisotopic (exact) mass is 402 g/mol. The van der Waals surface area contributed by atoms with Crippen molar-refractivity contribution in [1.29, 1.82) is 0 Å². The smallest absolute Gasteiger partial charge is 0.338 e. The second-order valence-corrected chi connectivity index (χ2v) is 8.13. The van der Waals surface area contributed by atoms with Crippen molar-refractivity contribution >= 4 is 11.8 Å². The van der Waals surface area contributed by atoms with Gasteiger partial charge in [-0.2, -0.15) is 0 Å². The SMILES string of the molecule is CC(C)(C)c1ccc(C(=O)OCC(=O)c2ccc(OCc3ccccc3)cc2)cc1. The molecule has 0 fully saturated rings. The summed E-state index contributed by atoms with van der Waals surface area (Å²) in [5, 5.41) is 0. The van der Waals surface area contributed by atoms with Crippen molar-refractivity contribution in [1.82, 2.24) is 0 Å². The summed E-state index contributed by atoms with van der Waals surface area (Å²) in [6.45, 7) is 6.48. The molecule has 4 nitrogen and oxygen atoms in total. The molecule has 0 N–H and O–H groups in total. The number of esters is 1. The van der Waals surface area contributed by atoms with E-state index in [9.17, 15) is 9.59 Å². The van der Waals surface area contributed by atoms with E-state index in [1.165, 1.54) is 0 Å². The van der Waals surface area contributed by atoms with E-state index in [0.29, 0.717) is 23.5 Å². The molecule has 4 heteroatoms. The molecule has 3 rings (SSSR count). The molecule has 0 saturated carbocycles. The van der Waals surface area contributed by atoms with E-state index in [-0.39, 0.29) is 17.8 Å². The van der Waals surface area contributed by atoms with Gasteiger partial charge in [0.2, 0.25) is 0 Å². The van der Waals surface area contributed by atoms with E-state index in [2.05, 4.69) is 20.8 Å². The maximum Gasteiger partial charge on any atom is 0.338 e. The van der Waals surface area contributed by atoms with Crippen molar-refractivity contribution in [2.75, 3.05) is 6.61 Å². The Bertz CT molecular complexity index is 982. The van der Waals surface area contributed by atoms with E-state index < -0.39 is 5.97 Å². The minimum atomic E-state index is -0.508. The molecule has 0 unspecified atom stereocenters. The van der Waals surface area contributed by atoms with Crippen LogP contribution < -0.4 is 4.74 Å². The van der Waals surface area contributed by atoms with Crippen LogP contribution in [0, 0.1) is 0 Å². The fourth-order valence-electron chi connectivity index (χ4n) is 2.88. The van der Waals surface area contributed by atoms with Crippen LogP contribution in [0.4, 0.5) is 0 Å². The molecule has 0 spiro atoms. The fraction of sp³-hybridized carbons (Fsp3) is 0.231. The zero-order valence-corrected chi connectivity index (χ0v) is 17.6. The molecule has 0 aliphatic carbocycles. The number of Topliss-reactive ketones (excluding diaryl/α,β-unsaturated/α-hetero) is 1. The van der Waals surface area contributed by atoms with Gasteiger partial charge in [-0.1, -0.05) is 63.2 Å². The normalized spacial score (nSPS) is 11.0. The highest BCUT2D eigenvalue weighted by Gasteiger charge is 2.16. The predicted octanol–water partition coefficient (Wildman–Crippen LogP) is 5.60. The molecule has 154 valence electrons. The standard InChI is InChI=1S/C26H26O4/c1-26(2,3)22-13-9-21(10-14-22)25(28)30-18-24(27)20-11-15-23(16-12-20)29-17-19-7-5-4-6-8-19/h4-16H,17-18H2,1-3H3. The van der Waals surface area contributed by atoms with Crippen molar-refractivity contribution in [2.24, 2.45) is 0 Å². The highest BCUT2D eigenvalue weighted by atomic mass is 16.5. The molecule has 3 aromatic rings. The molecular weight excluding hydrogens is 376 g/mol. The Labute approximate surface area is 177 Å². The largest absolute Gasteiger partial charge is 0.489 e. The molecule has 0 heterocycles. The lowest BCUT2D eigenvalue weighted by Gasteiger charge is -2.18. The van der Waals surface area contributed by atoms with Crippen LogP contribution in [0.15, 0.2) is 78.9 Å². The van der Waals surface area contributed by atoms with Gasteiger partial charge in [0.15, 0.2) is 12.4 Å². The number of ether oxygens (including phenoxy) is 2. The lowest BCUT2D eigenvalue weighted by atomic mass is 9.87. The van der Waals surface area contributed by atoms with Crippen molar-refractivity contribution in [3.05, 3.63) is 101 Å². The van der Waals surface area contributed by atoms with Crippen LogP contribution in [-0.4, -0.2) is 18.4 Å². The van der Waals surface area contributed by atoms with Crippen LogP contribution >= 0.6 is 0 Å². The van der Waals surface area contributed by atoms with Gasteiger partial charge in [0.05, 0.1) is 5.56 Å². The van der Waals surface area contributed by atoms with Crippen molar-refractivity contribution < 1.29 is 19.1 Å². The first-order chi connectivity index (χ1) is 14.3. The van der Waals surface area contributed by atoms with Gasteiger partial charge in [0.25, 0.3) is 0 Å². The van der Waals surface area contributed by atoms with Gasteiger partial charge in [-0.15, -0.1) is 0 Å². The second kappa shape index (κ2) is 9.40. The van der Waals surface area contributed by atoms with Crippen LogP contribution in [0.2, 0.25) is 0 Å². The minimum Gasteiger partial charge on any atom is -0.489 e. The third-order valence-electron chi connectivity index (χ3n) is 4.75. The zero-order valence-electron chi connectivity index (χ0n) is 17.6. The Morgan fingerprint density at radius 1 is 0.767 bits per heavy atom. The second-order valence-electron chi connectivity index (χ2n) is 8.13. The Hall–Kier alpha value is -3.40. The van der Waals surface area contributed by atoms with Gasteiger partial charge in [-0.05, 0) is 52.9 Å². The number of carbonyl (C=O) groups is 2. The summed E-state index contributed by atoms with van der Waals surface area (Å²) in [6, 6.07) is 24.0. The van der Waals surface area contributed by atoms with E-state index in [4.69, 9.17) is 9.47 Å². The summed E-state index contributed by atoms with van der Waals surface area (Å²) in [5.41, 5.74) is 3.11. The number of hydrogen-bond acceptors (Lipinski definition) is 4. The van der Waals surface area contributed by atoms with Gasteiger partial charge in [-0.3, -0.25) is 4.79 Å². The van der Waals surface area contributed by atoms with E-state index in [0.717, 1.165) is 11.1 Å². The summed E-state index contributed by atoms with van der Waals surface area (Å²) < 4.78 is 10.9. The number of rotatable bonds is 7. The topological polar surface area (TPSA) is 52.6 Å². The lowest BCUT2D eigenvalue weighted by molar-refractivity contribution is 0.0474. The Balaban J connectivity index is 1.51. The molecule has 0 atom stereocenters. The number of hydrogen-bond donors (Lipinski definition) is 0. The zero-order chi connectivity index (χ0) is 21.6. The summed E-state index contributed by atoms with van der Waals surface area (Å²) >= 11 is 0. The van der Waals surface area contributed by atoms with Crippen LogP contribution in [0.25, 0.3) is 0 Å².